The summed E-state index contributed by atoms with van der Waals surface area (Å²) < 4.78 is 7.80. The minimum absolute atomic E-state index is 0. The van der Waals surface area contributed by atoms with Crippen LogP contribution in [0.2, 0.25) is 0 Å². The Kier molecular flexibility index (Phi) is 11.1. The van der Waals surface area contributed by atoms with Crippen LogP contribution >= 0.6 is 24.0 Å². The van der Waals surface area contributed by atoms with Crippen molar-refractivity contribution < 1.29 is 4.74 Å². The number of halogens is 1. The smallest absolute Gasteiger partial charge is 0.191 e. The lowest BCUT2D eigenvalue weighted by Gasteiger charge is -2.22. The van der Waals surface area contributed by atoms with E-state index in [0.717, 1.165) is 37.8 Å². The Morgan fingerprint density at radius 1 is 1.33 bits per heavy atom. The van der Waals surface area contributed by atoms with E-state index >= 15 is 0 Å². The average molecular weight is 449 g/mol. The van der Waals surface area contributed by atoms with Gasteiger partial charge in [0.05, 0.1) is 18.3 Å². The van der Waals surface area contributed by atoms with Crippen LogP contribution in [0.15, 0.2) is 17.3 Å². The van der Waals surface area contributed by atoms with Gasteiger partial charge >= 0.3 is 0 Å². The Labute approximate surface area is 162 Å². The molecule has 0 radical (unpaired) electrons. The number of hydrogen-bond acceptors (Lipinski definition) is 3. The topological polar surface area (TPSA) is 63.5 Å². The molecule has 1 aromatic rings. The maximum absolute atomic E-state index is 5.95. The van der Waals surface area contributed by atoms with E-state index in [0.29, 0.717) is 12.6 Å². The van der Waals surface area contributed by atoms with Crippen LogP contribution in [0.1, 0.15) is 51.1 Å². The summed E-state index contributed by atoms with van der Waals surface area (Å²) in [5.74, 6) is 0.853. The minimum Gasteiger partial charge on any atom is -0.378 e. The zero-order valence-corrected chi connectivity index (χ0v) is 17.3. The predicted octanol–water partition coefficient (Wildman–Crippen LogP) is 2.83. The Morgan fingerprint density at radius 2 is 2.12 bits per heavy atom. The summed E-state index contributed by atoms with van der Waals surface area (Å²) in [5.41, 5.74) is 1.10. The Bertz CT molecular complexity index is 471. The second-order valence-electron chi connectivity index (χ2n) is 6.05. The lowest BCUT2D eigenvalue weighted by Crippen LogP contribution is -2.38. The Balaban J connectivity index is 0.00000288. The summed E-state index contributed by atoms with van der Waals surface area (Å²) in [7, 11) is 1.94. The third-order valence-electron chi connectivity index (χ3n) is 4.19. The molecule has 0 bridgehead atoms. The van der Waals surface area contributed by atoms with Crippen molar-refractivity contribution in [2.24, 2.45) is 12.0 Å². The van der Waals surface area contributed by atoms with E-state index in [1.54, 1.807) is 6.20 Å². The van der Waals surface area contributed by atoms with Crippen molar-refractivity contribution in [2.75, 3.05) is 19.7 Å². The Morgan fingerprint density at radius 3 is 2.79 bits per heavy atom. The molecule has 1 aliphatic rings. The third-order valence-corrected chi connectivity index (χ3v) is 4.19. The van der Waals surface area contributed by atoms with E-state index in [9.17, 15) is 0 Å². The van der Waals surface area contributed by atoms with Gasteiger partial charge in [-0.15, -0.1) is 24.0 Å². The van der Waals surface area contributed by atoms with Gasteiger partial charge in [-0.3, -0.25) is 4.68 Å². The fourth-order valence-corrected chi connectivity index (χ4v) is 2.82. The molecule has 1 aromatic heterocycles. The number of aromatic nitrogens is 2. The Hall–Kier alpha value is -0.830. The van der Waals surface area contributed by atoms with E-state index < -0.39 is 0 Å². The molecule has 1 heterocycles. The lowest BCUT2D eigenvalue weighted by atomic mass is 9.98. The van der Waals surface area contributed by atoms with Crippen LogP contribution in [0.3, 0.4) is 0 Å². The van der Waals surface area contributed by atoms with E-state index in [4.69, 9.17) is 4.74 Å². The molecule has 1 saturated carbocycles. The summed E-state index contributed by atoms with van der Waals surface area (Å²) in [6, 6.07) is 1.99. The number of aryl methyl sites for hydroxylation is 1. The summed E-state index contributed by atoms with van der Waals surface area (Å²) in [5, 5.41) is 10.8. The maximum Gasteiger partial charge on any atom is 0.191 e. The largest absolute Gasteiger partial charge is 0.378 e. The van der Waals surface area contributed by atoms with Gasteiger partial charge < -0.3 is 15.4 Å². The highest BCUT2D eigenvalue weighted by atomic mass is 127. The molecule has 0 aliphatic heterocycles. The van der Waals surface area contributed by atoms with Gasteiger partial charge in [0, 0.05) is 32.9 Å². The highest BCUT2D eigenvalue weighted by Crippen LogP contribution is 2.20. The number of aliphatic imine (C=N–C) groups is 1. The molecule has 0 unspecified atom stereocenters. The zero-order chi connectivity index (χ0) is 16.3. The van der Waals surface area contributed by atoms with Gasteiger partial charge in [-0.25, -0.2) is 4.99 Å². The van der Waals surface area contributed by atoms with E-state index in [-0.39, 0.29) is 24.0 Å². The standard InChI is InChI=1S/C17H31N5O.HI/c1-3-18-17(20-14-15-10-12-21-22(15)2)19-11-7-13-23-16-8-5-4-6-9-16;/h10,12,16H,3-9,11,13-14H2,1-2H3,(H2,18,19,20);1H. The predicted molar refractivity (Wildman–Crippen MR) is 109 cm³/mol. The fourth-order valence-electron chi connectivity index (χ4n) is 2.82. The van der Waals surface area contributed by atoms with Crippen LogP contribution in [-0.2, 0) is 18.3 Å². The fraction of sp³-hybridized carbons (Fsp3) is 0.765. The molecule has 24 heavy (non-hydrogen) atoms. The quantitative estimate of drug-likeness (QED) is 0.277. The van der Waals surface area contributed by atoms with Crippen molar-refractivity contribution in [1.29, 1.82) is 0 Å². The molecule has 2 rings (SSSR count). The third kappa shape index (κ3) is 7.83. The van der Waals surface area contributed by atoms with Gasteiger partial charge in [0.25, 0.3) is 0 Å². The summed E-state index contributed by atoms with van der Waals surface area (Å²) in [6.07, 6.45) is 9.81. The zero-order valence-electron chi connectivity index (χ0n) is 15.0. The molecule has 0 saturated heterocycles. The number of hydrogen-bond donors (Lipinski definition) is 2. The van der Waals surface area contributed by atoms with Gasteiger partial charge in [0.1, 0.15) is 0 Å². The number of rotatable bonds is 8. The lowest BCUT2D eigenvalue weighted by molar-refractivity contribution is 0.0277. The molecule has 1 fully saturated rings. The number of guanidine groups is 1. The average Bonchev–Trinajstić information content (AvgIpc) is 2.98. The van der Waals surface area contributed by atoms with Gasteiger partial charge in [0.2, 0.25) is 0 Å². The first-order valence-corrected chi connectivity index (χ1v) is 8.90. The molecule has 138 valence electrons. The van der Waals surface area contributed by atoms with Crippen LogP contribution in [0.4, 0.5) is 0 Å². The molecule has 0 amide bonds. The SMILES string of the molecule is CCNC(=NCc1ccnn1C)NCCCOC1CCCCC1.I. The van der Waals surface area contributed by atoms with Crippen LogP contribution < -0.4 is 10.6 Å². The van der Waals surface area contributed by atoms with Gasteiger partial charge in [-0.2, -0.15) is 5.10 Å². The minimum atomic E-state index is 0. The first kappa shape index (κ1) is 21.2. The van der Waals surface area contributed by atoms with Gasteiger partial charge in [-0.1, -0.05) is 19.3 Å². The van der Waals surface area contributed by atoms with E-state index in [1.165, 1.54) is 32.1 Å². The molecule has 0 atom stereocenters. The first-order chi connectivity index (χ1) is 11.3. The van der Waals surface area contributed by atoms with E-state index in [2.05, 4.69) is 27.6 Å². The van der Waals surface area contributed by atoms with Crippen molar-refractivity contribution >= 4 is 29.9 Å². The molecular weight excluding hydrogens is 417 g/mol. The molecule has 0 aromatic carbocycles. The molecule has 1 aliphatic carbocycles. The second-order valence-corrected chi connectivity index (χ2v) is 6.05. The van der Waals surface area contributed by atoms with Crippen molar-refractivity contribution in [3.8, 4) is 0 Å². The maximum atomic E-state index is 5.95. The van der Waals surface area contributed by atoms with Crippen LogP contribution in [0.25, 0.3) is 0 Å². The number of nitrogens with one attached hydrogen (secondary N) is 2. The van der Waals surface area contributed by atoms with Crippen LogP contribution in [0.5, 0.6) is 0 Å². The number of nitrogens with zero attached hydrogens (tertiary/aromatic N) is 3. The molecule has 6 nitrogen and oxygen atoms in total. The van der Waals surface area contributed by atoms with Gasteiger partial charge in [-0.05, 0) is 32.3 Å². The summed E-state index contributed by atoms with van der Waals surface area (Å²) in [4.78, 5) is 4.60. The summed E-state index contributed by atoms with van der Waals surface area (Å²) >= 11 is 0. The molecular formula is C17H32IN5O. The van der Waals surface area contributed by atoms with Crippen molar-refractivity contribution in [2.45, 2.75) is 58.1 Å². The van der Waals surface area contributed by atoms with Crippen molar-refractivity contribution in [3.05, 3.63) is 18.0 Å². The molecule has 2 N–H and O–H groups in total. The highest BCUT2D eigenvalue weighted by Gasteiger charge is 2.12. The molecule has 0 spiro atoms. The van der Waals surface area contributed by atoms with Crippen LogP contribution in [-0.4, -0.2) is 41.5 Å². The van der Waals surface area contributed by atoms with Crippen molar-refractivity contribution in [3.63, 3.8) is 0 Å². The first-order valence-electron chi connectivity index (χ1n) is 8.90. The number of ether oxygens (including phenoxy) is 1. The monoisotopic (exact) mass is 449 g/mol. The highest BCUT2D eigenvalue weighted by molar-refractivity contribution is 14.0. The molecule has 7 heteroatoms. The van der Waals surface area contributed by atoms with E-state index in [1.807, 2.05) is 17.8 Å². The summed E-state index contributed by atoms with van der Waals surface area (Å²) in [6.45, 7) is 5.27. The van der Waals surface area contributed by atoms with Crippen molar-refractivity contribution in [1.82, 2.24) is 20.4 Å². The van der Waals surface area contributed by atoms with Gasteiger partial charge in [0.15, 0.2) is 5.96 Å². The van der Waals surface area contributed by atoms with Crippen LogP contribution in [0, 0.1) is 0 Å². The normalized spacial score (nSPS) is 15.8. The second kappa shape index (κ2) is 12.5.